The molecule has 0 bridgehead atoms. The molecule has 0 aliphatic carbocycles. The fourth-order valence-corrected chi connectivity index (χ4v) is 1.69. The van der Waals surface area contributed by atoms with Gasteiger partial charge in [0.15, 0.2) is 0 Å². The van der Waals surface area contributed by atoms with Gasteiger partial charge in [0.25, 0.3) is 0 Å². The predicted octanol–water partition coefficient (Wildman–Crippen LogP) is 2.12. The number of amides is 1. The van der Waals surface area contributed by atoms with Crippen LogP contribution in [0.2, 0.25) is 5.02 Å². The zero-order valence-corrected chi connectivity index (χ0v) is 11.0. The fraction of sp³-hybridized carbons (Fsp3) is 0.462. The third-order valence-corrected chi connectivity index (χ3v) is 2.87. The summed E-state index contributed by atoms with van der Waals surface area (Å²) >= 11 is 5.81. The number of hydrogen-bond acceptors (Lipinski definition) is 2. The smallest absolute Gasteiger partial charge is 0.237 e. The molecule has 0 radical (unpaired) electrons. The van der Waals surface area contributed by atoms with Gasteiger partial charge in [-0.2, -0.15) is 0 Å². The lowest BCUT2D eigenvalue weighted by Crippen LogP contribution is -2.44. The molecular weight excluding hydrogens is 236 g/mol. The van der Waals surface area contributed by atoms with Crippen LogP contribution >= 0.6 is 11.6 Å². The van der Waals surface area contributed by atoms with E-state index in [1.165, 1.54) is 0 Å². The van der Waals surface area contributed by atoms with Gasteiger partial charge in [-0.3, -0.25) is 4.79 Å². The Hall–Kier alpha value is -1.06. The lowest BCUT2D eigenvalue weighted by Gasteiger charge is -2.16. The molecule has 0 spiro atoms. The number of nitrogens with two attached hydrogens (primary N) is 1. The largest absolute Gasteiger partial charge is 0.352 e. The van der Waals surface area contributed by atoms with E-state index in [4.69, 9.17) is 17.3 Å². The van der Waals surface area contributed by atoms with Crippen molar-refractivity contribution in [3.8, 4) is 0 Å². The summed E-state index contributed by atoms with van der Waals surface area (Å²) in [6.07, 6.45) is 1.43. The number of rotatable bonds is 5. The minimum absolute atomic E-state index is 0.0706. The van der Waals surface area contributed by atoms with Gasteiger partial charge in [-0.15, -0.1) is 0 Å². The van der Waals surface area contributed by atoms with Crippen molar-refractivity contribution >= 4 is 17.5 Å². The number of nitrogens with one attached hydrogen (secondary N) is 1. The SMILES string of the molecule is CCC(N)C(=O)NC(C)Cc1ccc(Cl)cc1. The van der Waals surface area contributed by atoms with Crippen LogP contribution in [0.3, 0.4) is 0 Å². The van der Waals surface area contributed by atoms with Crippen LogP contribution in [0.5, 0.6) is 0 Å². The molecule has 3 nitrogen and oxygen atoms in total. The summed E-state index contributed by atoms with van der Waals surface area (Å²) in [5.41, 5.74) is 6.79. The lowest BCUT2D eigenvalue weighted by molar-refractivity contribution is -0.123. The molecule has 0 aliphatic heterocycles. The van der Waals surface area contributed by atoms with E-state index in [0.717, 1.165) is 17.0 Å². The monoisotopic (exact) mass is 254 g/mol. The van der Waals surface area contributed by atoms with Gasteiger partial charge in [-0.1, -0.05) is 30.7 Å². The first-order valence-electron chi connectivity index (χ1n) is 5.83. The number of benzene rings is 1. The highest BCUT2D eigenvalue weighted by molar-refractivity contribution is 6.30. The molecule has 0 heterocycles. The number of hydrogen-bond donors (Lipinski definition) is 2. The van der Waals surface area contributed by atoms with Crippen LogP contribution in [0.1, 0.15) is 25.8 Å². The quantitative estimate of drug-likeness (QED) is 0.846. The lowest BCUT2D eigenvalue weighted by atomic mass is 10.1. The molecule has 1 aromatic carbocycles. The number of halogens is 1. The maximum absolute atomic E-state index is 11.6. The van der Waals surface area contributed by atoms with Crippen LogP contribution in [0.15, 0.2) is 24.3 Å². The zero-order valence-electron chi connectivity index (χ0n) is 10.2. The first-order valence-corrected chi connectivity index (χ1v) is 6.21. The summed E-state index contributed by atoms with van der Waals surface area (Å²) in [5, 5.41) is 3.62. The van der Waals surface area contributed by atoms with E-state index in [0.29, 0.717) is 6.42 Å². The molecule has 1 amide bonds. The molecule has 1 rings (SSSR count). The summed E-state index contributed by atoms with van der Waals surface area (Å²) < 4.78 is 0. The predicted molar refractivity (Wildman–Crippen MR) is 71.0 cm³/mol. The van der Waals surface area contributed by atoms with Crippen molar-refractivity contribution in [1.29, 1.82) is 0 Å². The van der Waals surface area contributed by atoms with Gasteiger partial charge in [0.05, 0.1) is 6.04 Å². The highest BCUT2D eigenvalue weighted by Crippen LogP contribution is 2.11. The molecule has 17 heavy (non-hydrogen) atoms. The molecule has 0 fully saturated rings. The average Bonchev–Trinajstić information content (AvgIpc) is 2.30. The summed E-state index contributed by atoms with van der Waals surface area (Å²) in [6, 6.07) is 7.28. The molecule has 4 heteroatoms. The second-order valence-electron chi connectivity index (χ2n) is 4.25. The maximum atomic E-state index is 11.6. The maximum Gasteiger partial charge on any atom is 0.237 e. The van der Waals surface area contributed by atoms with E-state index in [2.05, 4.69) is 5.32 Å². The van der Waals surface area contributed by atoms with Crippen molar-refractivity contribution in [3.05, 3.63) is 34.9 Å². The molecule has 0 saturated carbocycles. The normalized spacial score (nSPS) is 14.1. The van der Waals surface area contributed by atoms with Crippen molar-refractivity contribution in [2.75, 3.05) is 0 Å². The third-order valence-electron chi connectivity index (χ3n) is 2.62. The third kappa shape index (κ3) is 4.75. The van der Waals surface area contributed by atoms with E-state index in [1.54, 1.807) is 0 Å². The Balaban J connectivity index is 2.47. The molecule has 3 N–H and O–H groups in total. The van der Waals surface area contributed by atoms with Gasteiger partial charge in [0, 0.05) is 11.1 Å². The van der Waals surface area contributed by atoms with Gasteiger partial charge >= 0.3 is 0 Å². The van der Waals surface area contributed by atoms with Crippen LogP contribution in [0.25, 0.3) is 0 Å². The molecule has 0 aliphatic rings. The van der Waals surface area contributed by atoms with E-state index in [1.807, 2.05) is 38.1 Å². The molecule has 1 aromatic rings. The average molecular weight is 255 g/mol. The molecule has 2 unspecified atom stereocenters. The summed E-state index contributed by atoms with van der Waals surface area (Å²) in [5.74, 6) is -0.0889. The van der Waals surface area contributed by atoms with Crippen molar-refractivity contribution in [2.45, 2.75) is 38.8 Å². The second-order valence-corrected chi connectivity index (χ2v) is 4.69. The highest BCUT2D eigenvalue weighted by atomic mass is 35.5. The van der Waals surface area contributed by atoms with Gasteiger partial charge < -0.3 is 11.1 Å². The standard InChI is InChI=1S/C13H19ClN2O/c1-3-12(15)13(17)16-9(2)8-10-4-6-11(14)7-5-10/h4-7,9,12H,3,8,15H2,1-2H3,(H,16,17). The van der Waals surface area contributed by atoms with E-state index >= 15 is 0 Å². The Morgan fingerprint density at radius 1 is 1.41 bits per heavy atom. The second kappa shape index (κ2) is 6.62. The van der Waals surface area contributed by atoms with Gasteiger partial charge in [-0.25, -0.2) is 0 Å². The Morgan fingerprint density at radius 2 is 2.00 bits per heavy atom. The van der Waals surface area contributed by atoms with Crippen molar-refractivity contribution in [3.63, 3.8) is 0 Å². The Kier molecular flexibility index (Phi) is 5.45. The van der Waals surface area contributed by atoms with Gasteiger partial charge in [0.2, 0.25) is 5.91 Å². The summed E-state index contributed by atoms with van der Waals surface area (Å²) in [7, 11) is 0. The molecule has 0 saturated heterocycles. The van der Waals surface area contributed by atoms with E-state index in [-0.39, 0.29) is 11.9 Å². The molecule has 0 aromatic heterocycles. The van der Waals surface area contributed by atoms with E-state index in [9.17, 15) is 4.79 Å². The number of carbonyl (C=O) groups is 1. The van der Waals surface area contributed by atoms with Crippen molar-refractivity contribution in [1.82, 2.24) is 5.32 Å². The highest BCUT2D eigenvalue weighted by Gasteiger charge is 2.13. The van der Waals surface area contributed by atoms with Crippen LogP contribution < -0.4 is 11.1 Å². The summed E-state index contributed by atoms with van der Waals surface area (Å²) in [4.78, 5) is 11.6. The topological polar surface area (TPSA) is 55.1 Å². The van der Waals surface area contributed by atoms with Crippen molar-refractivity contribution in [2.24, 2.45) is 5.73 Å². The van der Waals surface area contributed by atoms with Crippen LogP contribution in [-0.4, -0.2) is 18.0 Å². The molecule has 94 valence electrons. The van der Waals surface area contributed by atoms with Crippen LogP contribution in [0, 0.1) is 0 Å². The number of carbonyl (C=O) groups excluding carboxylic acids is 1. The fourth-order valence-electron chi connectivity index (χ4n) is 1.56. The molecule has 2 atom stereocenters. The minimum Gasteiger partial charge on any atom is -0.352 e. The summed E-state index contributed by atoms with van der Waals surface area (Å²) in [6.45, 7) is 3.86. The zero-order chi connectivity index (χ0) is 12.8. The Labute approximate surface area is 107 Å². The first kappa shape index (κ1) is 14.0. The van der Waals surface area contributed by atoms with Crippen molar-refractivity contribution < 1.29 is 4.79 Å². The van der Waals surface area contributed by atoms with Crippen LogP contribution in [-0.2, 0) is 11.2 Å². The van der Waals surface area contributed by atoms with Crippen LogP contribution in [0.4, 0.5) is 0 Å². The first-order chi connectivity index (χ1) is 8.02. The van der Waals surface area contributed by atoms with E-state index < -0.39 is 6.04 Å². The van der Waals surface area contributed by atoms with Gasteiger partial charge in [-0.05, 0) is 37.5 Å². The Morgan fingerprint density at radius 3 is 2.53 bits per heavy atom. The Bertz CT molecular complexity index is 364. The molecular formula is C13H19ClN2O. The van der Waals surface area contributed by atoms with Gasteiger partial charge in [0.1, 0.15) is 0 Å². The minimum atomic E-state index is -0.414.